The fourth-order valence-corrected chi connectivity index (χ4v) is 2.88. The first-order valence-corrected chi connectivity index (χ1v) is 8.77. The highest BCUT2D eigenvalue weighted by molar-refractivity contribution is 5.93. The van der Waals surface area contributed by atoms with Crippen LogP contribution in [0.5, 0.6) is 5.88 Å². The van der Waals surface area contributed by atoms with Crippen molar-refractivity contribution in [2.45, 2.75) is 44.8 Å². The fourth-order valence-electron chi connectivity index (χ4n) is 2.88. The largest absolute Gasteiger partial charge is 0.468 e. The molecular formula is C17H20F3N5O2. The Labute approximate surface area is 154 Å². The molecule has 0 aromatic carbocycles. The number of carbonyl (C=O) groups is 1. The fraction of sp³-hybridized carbons (Fsp3) is 0.529. The Morgan fingerprint density at radius 2 is 2.07 bits per heavy atom. The predicted molar refractivity (Wildman–Crippen MR) is 89.4 cm³/mol. The number of fused-ring (bicyclic) bond motifs is 1. The van der Waals surface area contributed by atoms with Gasteiger partial charge in [0.25, 0.3) is 5.91 Å². The summed E-state index contributed by atoms with van der Waals surface area (Å²) in [5.74, 6) is 1.30. The van der Waals surface area contributed by atoms with Gasteiger partial charge < -0.3 is 14.6 Å². The first kappa shape index (κ1) is 19.1. The van der Waals surface area contributed by atoms with Crippen molar-refractivity contribution in [2.75, 3.05) is 13.2 Å². The van der Waals surface area contributed by atoms with Crippen LogP contribution in [-0.2, 0) is 19.4 Å². The minimum atomic E-state index is -4.43. The number of hydrogen-bond acceptors (Lipinski definition) is 5. The van der Waals surface area contributed by atoms with E-state index < -0.39 is 12.8 Å². The zero-order chi connectivity index (χ0) is 19.3. The lowest BCUT2D eigenvalue weighted by Crippen LogP contribution is -2.26. The Hall–Kier alpha value is -2.65. The zero-order valence-electron chi connectivity index (χ0n) is 14.6. The van der Waals surface area contributed by atoms with Gasteiger partial charge in [-0.2, -0.15) is 13.2 Å². The monoisotopic (exact) mass is 383 g/mol. The van der Waals surface area contributed by atoms with Crippen molar-refractivity contribution in [3.05, 3.63) is 35.5 Å². The summed E-state index contributed by atoms with van der Waals surface area (Å²) in [4.78, 5) is 15.8. The Balaban J connectivity index is 1.49. The second-order valence-corrected chi connectivity index (χ2v) is 6.29. The normalized spacial score (nSPS) is 14.3. The maximum atomic E-state index is 12.1. The Kier molecular flexibility index (Phi) is 5.92. The van der Waals surface area contributed by atoms with Gasteiger partial charge in [0.05, 0.1) is 5.56 Å². The van der Waals surface area contributed by atoms with Crippen LogP contribution in [0, 0.1) is 0 Å². The summed E-state index contributed by atoms with van der Waals surface area (Å²) in [7, 11) is 0. The van der Waals surface area contributed by atoms with E-state index >= 15 is 0 Å². The van der Waals surface area contributed by atoms with Crippen molar-refractivity contribution in [3.8, 4) is 5.88 Å². The third-order valence-electron chi connectivity index (χ3n) is 4.20. The quantitative estimate of drug-likeness (QED) is 0.828. The minimum absolute atomic E-state index is 0.185. The second kappa shape index (κ2) is 8.36. The summed E-state index contributed by atoms with van der Waals surface area (Å²) < 4.78 is 42.9. The second-order valence-electron chi connectivity index (χ2n) is 6.29. The molecule has 0 saturated heterocycles. The van der Waals surface area contributed by atoms with Crippen molar-refractivity contribution < 1.29 is 22.7 Å². The predicted octanol–water partition coefficient (Wildman–Crippen LogP) is 2.31. The van der Waals surface area contributed by atoms with Crippen LogP contribution in [0.2, 0.25) is 0 Å². The van der Waals surface area contributed by atoms with Crippen LogP contribution in [0.25, 0.3) is 0 Å². The molecule has 1 aliphatic heterocycles. The number of carbonyl (C=O) groups excluding carboxylic acids is 1. The van der Waals surface area contributed by atoms with Crippen molar-refractivity contribution in [1.29, 1.82) is 0 Å². The summed E-state index contributed by atoms with van der Waals surface area (Å²) in [6.07, 6.45) is 1.62. The maximum Gasteiger partial charge on any atom is 0.422 e. The van der Waals surface area contributed by atoms with Crippen LogP contribution in [0.4, 0.5) is 13.2 Å². The van der Waals surface area contributed by atoms with E-state index in [-0.39, 0.29) is 17.4 Å². The Morgan fingerprint density at radius 3 is 2.81 bits per heavy atom. The number of aryl methyl sites for hydroxylation is 1. The highest BCUT2D eigenvalue weighted by atomic mass is 19.4. The molecule has 0 spiro atoms. The third-order valence-corrected chi connectivity index (χ3v) is 4.20. The minimum Gasteiger partial charge on any atom is -0.468 e. The van der Waals surface area contributed by atoms with Crippen molar-refractivity contribution in [1.82, 2.24) is 25.1 Å². The van der Waals surface area contributed by atoms with Gasteiger partial charge in [-0.15, -0.1) is 10.2 Å². The van der Waals surface area contributed by atoms with Crippen LogP contribution in [0.1, 0.15) is 41.3 Å². The summed E-state index contributed by atoms with van der Waals surface area (Å²) in [5, 5.41) is 11.2. The number of pyridine rings is 1. The molecular weight excluding hydrogens is 363 g/mol. The molecule has 27 heavy (non-hydrogen) atoms. The van der Waals surface area contributed by atoms with Crippen LogP contribution in [0.15, 0.2) is 18.3 Å². The number of hydrogen-bond donors (Lipinski definition) is 1. The molecule has 1 amide bonds. The van der Waals surface area contributed by atoms with E-state index in [1.54, 1.807) is 0 Å². The lowest BCUT2D eigenvalue weighted by molar-refractivity contribution is -0.154. The number of aromatic nitrogens is 4. The topological polar surface area (TPSA) is 81.9 Å². The molecule has 3 rings (SSSR count). The number of alkyl halides is 3. The first-order valence-electron chi connectivity index (χ1n) is 8.77. The maximum absolute atomic E-state index is 12.1. The highest BCUT2D eigenvalue weighted by Crippen LogP contribution is 2.17. The standard InChI is InChI=1S/C17H20F3N5O2/c18-17(19,20)11-27-15-6-5-12(10-22-15)16(26)21-8-7-14-24-23-13-4-2-1-3-9-25(13)14/h5-6,10H,1-4,7-9,11H2,(H,21,26). The molecule has 0 atom stereocenters. The van der Waals surface area contributed by atoms with Gasteiger partial charge in [0.2, 0.25) is 5.88 Å². The van der Waals surface area contributed by atoms with E-state index in [4.69, 9.17) is 0 Å². The molecule has 0 radical (unpaired) electrons. The average molecular weight is 383 g/mol. The molecule has 0 bridgehead atoms. The first-order chi connectivity index (χ1) is 12.9. The van der Waals surface area contributed by atoms with Crippen molar-refractivity contribution in [2.24, 2.45) is 0 Å². The smallest absolute Gasteiger partial charge is 0.422 e. The molecule has 1 aliphatic rings. The van der Waals surface area contributed by atoms with Gasteiger partial charge in [0.15, 0.2) is 6.61 Å². The van der Waals surface area contributed by atoms with Gasteiger partial charge in [-0.25, -0.2) is 4.98 Å². The van der Waals surface area contributed by atoms with Gasteiger partial charge in [0, 0.05) is 38.2 Å². The summed E-state index contributed by atoms with van der Waals surface area (Å²) in [5.41, 5.74) is 0.245. The van der Waals surface area contributed by atoms with E-state index in [2.05, 4.69) is 29.8 Å². The molecule has 3 heterocycles. The number of ether oxygens (including phenoxy) is 1. The van der Waals surface area contributed by atoms with Gasteiger partial charge >= 0.3 is 6.18 Å². The number of amides is 1. The summed E-state index contributed by atoms with van der Waals surface area (Å²) >= 11 is 0. The van der Waals surface area contributed by atoms with Crippen molar-refractivity contribution >= 4 is 5.91 Å². The van der Waals surface area contributed by atoms with Gasteiger partial charge in [-0.3, -0.25) is 4.79 Å². The molecule has 0 unspecified atom stereocenters. The number of rotatable bonds is 6. The number of nitrogens with zero attached hydrogens (tertiary/aromatic N) is 4. The van der Waals surface area contributed by atoms with E-state index in [0.717, 1.165) is 37.5 Å². The van der Waals surface area contributed by atoms with Crippen LogP contribution < -0.4 is 10.1 Å². The van der Waals surface area contributed by atoms with Crippen LogP contribution in [-0.4, -0.2) is 45.0 Å². The number of halogens is 3. The molecule has 0 fully saturated rings. The molecule has 1 N–H and O–H groups in total. The lowest BCUT2D eigenvalue weighted by atomic mass is 10.2. The molecule has 146 valence electrons. The molecule has 0 saturated carbocycles. The molecule has 2 aromatic heterocycles. The molecule has 7 nitrogen and oxygen atoms in total. The Morgan fingerprint density at radius 1 is 1.22 bits per heavy atom. The highest BCUT2D eigenvalue weighted by Gasteiger charge is 2.28. The third kappa shape index (κ3) is 5.41. The molecule has 10 heteroatoms. The molecule has 0 aliphatic carbocycles. The van der Waals surface area contributed by atoms with Crippen LogP contribution in [0.3, 0.4) is 0 Å². The lowest BCUT2D eigenvalue weighted by Gasteiger charge is -2.09. The summed E-state index contributed by atoms with van der Waals surface area (Å²) in [6.45, 7) is -0.146. The number of nitrogens with one attached hydrogen (secondary N) is 1. The molecule has 2 aromatic rings. The van der Waals surface area contributed by atoms with E-state index in [1.165, 1.54) is 24.8 Å². The van der Waals surface area contributed by atoms with Gasteiger partial charge in [-0.05, 0) is 18.9 Å². The van der Waals surface area contributed by atoms with Crippen molar-refractivity contribution in [3.63, 3.8) is 0 Å². The SMILES string of the molecule is O=C(NCCc1nnc2n1CCCCC2)c1ccc(OCC(F)(F)F)nc1. The average Bonchev–Trinajstić information content (AvgIpc) is 2.86. The van der Waals surface area contributed by atoms with Crippen LogP contribution >= 0.6 is 0 Å². The summed E-state index contributed by atoms with van der Waals surface area (Å²) in [6, 6.07) is 2.61. The van der Waals surface area contributed by atoms with E-state index in [1.807, 2.05) is 0 Å². The van der Waals surface area contributed by atoms with E-state index in [9.17, 15) is 18.0 Å². The van der Waals surface area contributed by atoms with Gasteiger partial charge in [0.1, 0.15) is 11.6 Å². The Bertz CT molecular complexity index is 774. The zero-order valence-corrected chi connectivity index (χ0v) is 14.6. The van der Waals surface area contributed by atoms with E-state index in [0.29, 0.717) is 13.0 Å². The van der Waals surface area contributed by atoms with Gasteiger partial charge in [-0.1, -0.05) is 6.42 Å².